The van der Waals surface area contributed by atoms with Crippen molar-refractivity contribution >= 4 is 23.0 Å². The second-order valence-electron chi connectivity index (χ2n) is 12.4. The Kier molecular flexibility index (Phi) is 5.55. The Morgan fingerprint density at radius 3 is 2.05 bits per heavy atom. The molecular formula is C34H32NO4+. The molecule has 0 spiro atoms. The zero-order valence-corrected chi connectivity index (χ0v) is 23.1. The molecule has 1 atom stereocenters. The van der Waals surface area contributed by atoms with Crippen molar-refractivity contribution in [3.8, 4) is 17.2 Å². The lowest BCUT2D eigenvalue weighted by Crippen LogP contribution is -2.72. The SMILES string of the molecule is CC(C)(C)C1=CC2Oc3cc(Oc4ccc(C(C)(C)C)cc4)c4c(c3[NH+]=C2C=C1)C(=O)c1ccccc1C4=O. The smallest absolute Gasteiger partial charge is 0.258 e. The third kappa shape index (κ3) is 4.22. The molecular weight excluding hydrogens is 486 g/mol. The lowest BCUT2D eigenvalue weighted by molar-refractivity contribution is -0.362. The van der Waals surface area contributed by atoms with Crippen molar-refractivity contribution in [3.63, 3.8) is 0 Å². The van der Waals surface area contributed by atoms with Crippen LogP contribution in [0.4, 0.5) is 5.69 Å². The summed E-state index contributed by atoms with van der Waals surface area (Å²) in [4.78, 5) is 31.2. The predicted octanol–water partition coefficient (Wildman–Crippen LogP) is 6.01. The fourth-order valence-corrected chi connectivity index (χ4v) is 5.26. The number of rotatable bonds is 2. The number of carbonyl (C=O) groups is 2. The number of ether oxygens (including phenoxy) is 2. The number of hydrogen-bond donors (Lipinski definition) is 1. The molecule has 196 valence electrons. The molecule has 0 aromatic heterocycles. The van der Waals surface area contributed by atoms with Crippen molar-refractivity contribution in [1.82, 2.24) is 0 Å². The molecule has 3 aromatic carbocycles. The van der Waals surface area contributed by atoms with Crippen LogP contribution in [0, 0.1) is 5.41 Å². The minimum absolute atomic E-state index is 0.00278. The van der Waals surface area contributed by atoms with Gasteiger partial charge >= 0.3 is 0 Å². The van der Waals surface area contributed by atoms with Crippen LogP contribution >= 0.6 is 0 Å². The summed E-state index contributed by atoms with van der Waals surface area (Å²) < 4.78 is 12.8. The Morgan fingerprint density at radius 2 is 1.44 bits per heavy atom. The summed E-state index contributed by atoms with van der Waals surface area (Å²) in [6.45, 7) is 12.9. The zero-order valence-electron chi connectivity index (χ0n) is 23.1. The number of hydrogen-bond acceptors (Lipinski definition) is 4. The van der Waals surface area contributed by atoms with Crippen LogP contribution in [0.5, 0.6) is 17.2 Å². The van der Waals surface area contributed by atoms with Crippen LogP contribution in [-0.4, -0.2) is 23.4 Å². The van der Waals surface area contributed by atoms with Crippen LogP contribution in [0.25, 0.3) is 0 Å². The first-order chi connectivity index (χ1) is 18.4. The van der Waals surface area contributed by atoms with E-state index in [4.69, 9.17) is 9.47 Å². The fraction of sp³-hybridized carbons (Fsp3) is 0.265. The predicted molar refractivity (Wildman–Crippen MR) is 152 cm³/mol. The van der Waals surface area contributed by atoms with Gasteiger partial charge in [0.1, 0.15) is 17.1 Å². The average Bonchev–Trinajstić information content (AvgIpc) is 2.89. The molecule has 1 heterocycles. The van der Waals surface area contributed by atoms with E-state index in [9.17, 15) is 9.59 Å². The van der Waals surface area contributed by atoms with Crippen molar-refractivity contribution in [2.75, 3.05) is 0 Å². The van der Waals surface area contributed by atoms with Crippen LogP contribution in [0.3, 0.4) is 0 Å². The number of ketones is 2. The summed E-state index contributed by atoms with van der Waals surface area (Å²) in [6, 6.07) is 16.5. The van der Waals surface area contributed by atoms with Gasteiger partial charge in [0.15, 0.2) is 11.5 Å². The number of fused-ring (bicyclic) bond motifs is 5. The molecule has 5 heteroatoms. The van der Waals surface area contributed by atoms with Crippen LogP contribution in [0.1, 0.15) is 78.9 Å². The van der Waals surface area contributed by atoms with Gasteiger partial charge in [0.2, 0.25) is 17.6 Å². The molecule has 2 aliphatic carbocycles. The Morgan fingerprint density at radius 1 is 0.795 bits per heavy atom. The van der Waals surface area contributed by atoms with Crippen molar-refractivity contribution in [2.24, 2.45) is 5.41 Å². The van der Waals surface area contributed by atoms with Crippen LogP contribution < -0.4 is 14.5 Å². The molecule has 39 heavy (non-hydrogen) atoms. The summed E-state index contributed by atoms with van der Waals surface area (Å²) in [6.07, 6.45) is 5.82. The number of carbonyl (C=O) groups excluding carboxylic acids is 2. The van der Waals surface area contributed by atoms with Gasteiger partial charge in [0.25, 0.3) is 5.69 Å². The molecule has 0 saturated carbocycles. The van der Waals surface area contributed by atoms with Crippen molar-refractivity contribution in [2.45, 2.75) is 53.1 Å². The topological polar surface area (TPSA) is 66.6 Å². The first-order valence-electron chi connectivity index (χ1n) is 13.3. The van der Waals surface area contributed by atoms with Gasteiger partial charge in [-0.25, -0.2) is 4.99 Å². The normalized spacial score (nSPS) is 17.7. The van der Waals surface area contributed by atoms with E-state index in [1.165, 1.54) is 5.56 Å². The minimum Gasteiger partial charge on any atom is -0.468 e. The van der Waals surface area contributed by atoms with Gasteiger partial charge in [0.05, 0.1) is 5.56 Å². The second-order valence-corrected chi connectivity index (χ2v) is 12.4. The third-order valence-corrected chi connectivity index (χ3v) is 7.54. The second kappa shape index (κ2) is 8.63. The van der Waals surface area contributed by atoms with Gasteiger partial charge in [0, 0.05) is 23.3 Å². The van der Waals surface area contributed by atoms with Gasteiger partial charge in [-0.1, -0.05) is 84.0 Å². The zero-order chi connectivity index (χ0) is 27.7. The Balaban J connectivity index is 1.51. The van der Waals surface area contributed by atoms with Crippen LogP contribution in [0.15, 0.2) is 78.4 Å². The molecule has 5 nitrogen and oxygen atoms in total. The van der Waals surface area contributed by atoms with E-state index >= 15 is 0 Å². The molecule has 0 bridgehead atoms. The lowest BCUT2D eigenvalue weighted by atomic mass is 9.81. The highest BCUT2D eigenvalue weighted by molar-refractivity contribution is 6.31. The Labute approximate surface area is 228 Å². The summed E-state index contributed by atoms with van der Waals surface area (Å²) >= 11 is 0. The number of nitrogens with one attached hydrogen (secondary N) is 1. The summed E-state index contributed by atoms with van der Waals surface area (Å²) in [7, 11) is 0. The van der Waals surface area contributed by atoms with Crippen molar-refractivity contribution < 1.29 is 24.1 Å². The highest BCUT2D eigenvalue weighted by atomic mass is 16.5. The minimum atomic E-state index is -0.338. The first-order valence-corrected chi connectivity index (χ1v) is 13.3. The lowest BCUT2D eigenvalue weighted by Gasteiger charge is -2.28. The fourth-order valence-electron chi connectivity index (χ4n) is 5.26. The molecule has 3 aliphatic rings. The van der Waals surface area contributed by atoms with E-state index in [-0.39, 0.29) is 39.6 Å². The third-order valence-electron chi connectivity index (χ3n) is 7.54. The van der Waals surface area contributed by atoms with Crippen molar-refractivity contribution in [3.05, 3.63) is 106 Å². The van der Waals surface area contributed by atoms with E-state index in [2.05, 4.69) is 58.7 Å². The maximum absolute atomic E-state index is 13.9. The highest BCUT2D eigenvalue weighted by Gasteiger charge is 2.42. The van der Waals surface area contributed by atoms with E-state index < -0.39 is 0 Å². The van der Waals surface area contributed by atoms with E-state index in [0.29, 0.717) is 34.1 Å². The number of benzene rings is 3. The summed E-state index contributed by atoms with van der Waals surface area (Å²) in [5.74, 6) is 0.884. The van der Waals surface area contributed by atoms with Crippen molar-refractivity contribution in [1.29, 1.82) is 0 Å². The molecule has 0 radical (unpaired) electrons. The van der Waals surface area contributed by atoms with Gasteiger partial charge in [-0.3, -0.25) is 9.59 Å². The Bertz CT molecular complexity index is 1640. The summed E-state index contributed by atoms with van der Waals surface area (Å²) in [5, 5.41) is 0. The standard InChI is InChI=1S/C34H31NO4/c1-33(2,3)19-11-14-21(15-12-19)38-26-18-27-30(35-24-16-13-20(34(4,5)6)17-25(24)39-27)29-28(26)31(36)22-9-7-8-10-23(22)32(29)37/h7-18,25H,1-6H3/p+1. The molecule has 1 aliphatic heterocycles. The van der Waals surface area contributed by atoms with Crippen LogP contribution in [-0.2, 0) is 5.41 Å². The average molecular weight is 519 g/mol. The van der Waals surface area contributed by atoms with Gasteiger partial charge in [-0.15, -0.1) is 0 Å². The molecule has 3 aromatic rings. The highest BCUT2D eigenvalue weighted by Crippen LogP contribution is 2.44. The van der Waals surface area contributed by atoms with Gasteiger partial charge < -0.3 is 9.47 Å². The van der Waals surface area contributed by atoms with E-state index in [0.717, 1.165) is 11.3 Å². The quantitative estimate of drug-likeness (QED) is 0.353. The largest absolute Gasteiger partial charge is 0.468 e. The maximum atomic E-state index is 13.9. The van der Waals surface area contributed by atoms with Gasteiger partial charge in [-0.2, -0.15) is 0 Å². The molecule has 1 unspecified atom stereocenters. The maximum Gasteiger partial charge on any atom is 0.258 e. The van der Waals surface area contributed by atoms with Gasteiger partial charge in [-0.05, 0) is 40.2 Å². The molecule has 0 fully saturated rings. The summed E-state index contributed by atoms with van der Waals surface area (Å²) in [5.41, 5.74) is 4.89. The van der Waals surface area contributed by atoms with E-state index in [1.54, 1.807) is 30.3 Å². The van der Waals surface area contributed by atoms with Crippen LogP contribution in [0.2, 0.25) is 0 Å². The molecule has 6 rings (SSSR count). The molecule has 0 amide bonds. The molecule has 1 N–H and O–H groups in total. The first kappa shape index (κ1) is 25.1. The monoisotopic (exact) mass is 518 g/mol. The van der Waals surface area contributed by atoms with E-state index in [1.807, 2.05) is 30.3 Å². The number of allylic oxidation sites excluding steroid dienone is 2. The molecule has 0 saturated heterocycles. The Hall–Kier alpha value is -4.25.